The maximum atomic E-state index is 5.20. The SMILES string of the molecule is C=CC(C)n1c(C(C)OC)n[nH]c1=S. The van der Waals surface area contributed by atoms with E-state index in [-0.39, 0.29) is 12.1 Å². The lowest BCUT2D eigenvalue weighted by molar-refractivity contribution is 0.108. The summed E-state index contributed by atoms with van der Waals surface area (Å²) in [5, 5.41) is 6.88. The smallest absolute Gasteiger partial charge is 0.195 e. The molecule has 2 unspecified atom stereocenters. The Bertz CT molecular complexity index is 368. The summed E-state index contributed by atoms with van der Waals surface area (Å²) in [5.41, 5.74) is 0. The van der Waals surface area contributed by atoms with Crippen LogP contribution in [0.5, 0.6) is 0 Å². The summed E-state index contributed by atoms with van der Waals surface area (Å²) in [7, 11) is 1.64. The van der Waals surface area contributed by atoms with Gasteiger partial charge in [0.05, 0.1) is 6.04 Å². The van der Waals surface area contributed by atoms with E-state index in [1.165, 1.54) is 0 Å². The highest BCUT2D eigenvalue weighted by atomic mass is 32.1. The zero-order chi connectivity index (χ0) is 10.7. The molecule has 5 heteroatoms. The quantitative estimate of drug-likeness (QED) is 0.617. The molecule has 0 aromatic carbocycles. The maximum absolute atomic E-state index is 5.20. The van der Waals surface area contributed by atoms with Crippen LogP contribution < -0.4 is 0 Å². The molecule has 1 N–H and O–H groups in total. The van der Waals surface area contributed by atoms with Gasteiger partial charge in [0, 0.05) is 7.11 Å². The van der Waals surface area contributed by atoms with Crippen molar-refractivity contribution < 1.29 is 4.74 Å². The first-order valence-corrected chi connectivity index (χ1v) is 4.84. The van der Waals surface area contributed by atoms with Gasteiger partial charge >= 0.3 is 0 Å². The molecule has 1 heterocycles. The van der Waals surface area contributed by atoms with Crippen molar-refractivity contribution in [2.75, 3.05) is 7.11 Å². The molecule has 0 aliphatic rings. The third-order valence-electron chi connectivity index (χ3n) is 2.20. The Morgan fingerprint density at radius 2 is 2.29 bits per heavy atom. The molecule has 4 nitrogen and oxygen atoms in total. The molecule has 78 valence electrons. The first kappa shape index (κ1) is 11.1. The first-order valence-electron chi connectivity index (χ1n) is 4.44. The number of H-pyrrole nitrogens is 1. The number of allylic oxidation sites excluding steroid dienone is 1. The normalized spacial score (nSPS) is 15.1. The molecule has 1 aromatic rings. The molecular weight excluding hydrogens is 198 g/mol. The van der Waals surface area contributed by atoms with Crippen LogP contribution in [0, 0.1) is 4.77 Å². The molecule has 0 aliphatic heterocycles. The van der Waals surface area contributed by atoms with Crippen molar-refractivity contribution in [2.24, 2.45) is 0 Å². The topological polar surface area (TPSA) is 42.8 Å². The highest BCUT2D eigenvalue weighted by molar-refractivity contribution is 7.71. The second-order valence-electron chi connectivity index (χ2n) is 3.11. The van der Waals surface area contributed by atoms with E-state index < -0.39 is 0 Å². The van der Waals surface area contributed by atoms with Crippen molar-refractivity contribution >= 4 is 12.2 Å². The highest BCUT2D eigenvalue weighted by Gasteiger charge is 2.15. The van der Waals surface area contributed by atoms with E-state index in [9.17, 15) is 0 Å². The fraction of sp³-hybridized carbons (Fsp3) is 0.556. The number of hydrogen-bond donors (Lipinski definition) is 1. The molecule has 0 radical (unpaired) electrons. The average Bonchev–Trinajstić information content (AvgIpc) is 2.58. The first-order chi connectivity index (χ1) is 6.61. The maximum Gasteiger partial charge on any atom is 0.195 e. The van der Waals surface area contributed by atoms with Gasteiger partial charge in [-0.15, -0.1) is 6.58 Å². The number of methoxy groups -OCH3 is 1. The minimum absolute atomic E-state index is 0.0784. The van der Waals surface area contributed by atoms with Gasteiger partial charge in [0.25, 0.3) is 0 Å². The third kappa shape index (κ3) is 1.93. The molecule has 0 saturated carbocycles. The molecule has 0 bridgehead atoms. The number of nitrogens with zero attached hydrogens (tertiary/aromatic N) is 2. The van der Waals surface area contributed by atoms with Crippen molar-refractivity contribution in [3.8, 4) is 0 Å². The standard InChI is InChI=1S/C9H15N3OS/c1-5-6(2)12-8(7(3)13-4)10-11-9(12)14/h5-7H,1H2,2-4H3,(H,11,14). The van der Waals surface area contributed by atoms with E-state index >= 15 is 0 Å². The van der Waals surface area contributed by atoms with Crippen molar-refractivity contribution in [1.29, 1.82) is 0 Å². The van der Waals surface area contributed by atoms with Gasteiger partial charge in [-0.05, 0) is 26.1 Å². The van der Waals surface area contributed by atoms with E-state index in [0.717, 1.165) is 5.82 Å². The van der Waals surface area contributed by atoms with Crippen LogP contribution in [0.2, 0.25) is 0 Å². The highest BCUT2D eigenvalue weighted by Crippen LogP contribution is 2.18. The Morgan fingerprint density at radius 1 is 1.64 bits per heavy atom. The van der Waals surface area contributed by atoms with Crippen LogP contribution in [0.3, 0.4) is 0 Å². The fourth-order valence-electron chi connectivity index (χ4n) is 1.21. The van der Waals surface area contributed by atoms with E-state index in [2.05, 4.69) is 16.8 Å². The molecule has 0 fully saturated rings. The molecule has 1 aromatic heterocycles. The van der Waals surface area contributed by atoms with E-state index in [1.54, 1.807) is 7.11 Å². The van der Waals surface area contributed by atoms with Gasteiger partial charge < -0.3 is 4.74 Å². The summed E-state index contributed by atoms with van der Waals surface area (Å²) < 4.78 is 7.69. The van der Waals surface area contributed by atoms with Crippen LogP contribution in [-0.4, -0.2) is 21.9 Å². The molecule has 0 spiro atoms. The van der Waals surface area contributed by atoms with Gasteiger partial charge in [0.2, 0.25) is 0 Å². The van der Waals surface area contributed by atoms with Gasteiger partial charge in [-0.25, -0.2) is 0 Å². The fourth-order valence-corrected chi connectivity index (χ4v) is 1.51. The van der Waals surface area contributed by atoms with Crippen molar-refractivity contribution in [3.05, 3.63) is 23.3 Å². The van der Waals surface area contributed by atoms with Gasteiger partial charge in [0.15, 0.2) is 10.6 Å². The predicted molar refractivity (Wildman–Crippen MR) is 57.7 cm³/mol. The molecular formula is C9H15N3OS. The van der Waals surface area contributed by atoms with Gasteiger partial charge in [-0.2, -0.15) is 5.10 Å². The Morgan fingerprint density at radius 3 is 2.79 bits per heavy atom. The lowest BCUT2D eigenvalue weighted by Crippen LogP contribution is -2.11. The van der Waals surface area contributed by atoms with Crippen LogP contribution in [0.4, 0.5) is 0 Å². The summed E-state index contributed by atoms with van der Waals surface area (Å²) in [6.45, 7) is 7.67. The van der Waals surface area contributed by atoms with Crippen LogP contribution >= 0.6 is 12.2 Å². The second-order valence-corrected chi connectivity index (χ2v) is 3.50. The number of rotatable bonds is 4. The van der Waals surface area contributed by atoms with Crippen LogP contribution in [0.15, 0.2) is 12.7 Å². The zero-order valence-electron chi connectivity index (χ0n) is 8.65. The average molecular weight is 213 g/mol. The van der Waals surface area contributed by atoms with E-state index in [4.69, 9.17) is 17.0 Å². The number of hydrogen-bond acceptors (Lipinski definition) is 3. The van der Waals surface area contributed by atoms with E-state index in [1.807, 2.05) is 24.5 Å². The number of nitrogens with one attached hydrogen (secondary N) is 1. The summed E-state index contributed by atoms with van der Waals surface area (Å²) in [6.07, 6.45) is 1.74. The van der Waals surface area contributed by atoms with Crippen LogP contribution in [0.1, 0.15) is 31.8 Å². The Kier molecular flexibility index (Phi) is 3.60. The molecule has 0 aliphatic carbocycles. The zero-order valence-corrected chi connectivity index (χ0v) is 9.47. The summed E-state index contributed by atoms with van der Waals surface area (Å²) >= 11 is 5.12. The van der Waals surface area contributed by atoms with Crippen LogP contribution in [-0.2, 0) is 4.74 Å². The summed E-state index contributed by atoms with van der Waals surface area (Å²) in [5.74, 6) is 0.796. The minimum Gasteiger partial charge on any atom is -0.374 e. The van der Waals surface area contributed by atoms with Gasteiger partial charge in [-0.3, -0.25) is 9.67 Å². The minimum atomic E-state index is -0.0784. The van der Waals surface area contributed by atoms with Gasteiger partial charge in [-0.1, -0.05) is 6.08 Å². The molecule has 14 heavy (non-hydrogen) atoms. The van der Waals surface area contributed by atoms with Crippen molar-refractivity contribution in [2.45, 2.75) is 26.0 Å². The Labute approximate surface area is 88.6 Å². The molecule has 0 amide bonds. The largest absolute Gasteiger partial charge is 0.374 e. The third-order valence-corrected chi connectivity index (χ3v) is 2.49. The lowest BCUT2D eigenvalue weighted by atomic mass is 10.3. The summed E-state index contributed by atoms with van der Waals surface area (Å²) in [4.78, 5) is 0. The lowest BCUT2D eigenvalue weighted by Gasteiger charge is -2.14. The van der Waals surface area contributed by atoms with Crippen LogP contribution in [0.25, 0.3) is 0 Å². The second kappa shape index (κ2) is 4.52. The van der Waals surface area contributed by atoms with Gasteiger partial charge in [0.1, 0.15) is 6.10 Å². The molecule has 2 atom stereocenters. The van der Waals surface area contributed by atoms with E-state index in [0.29, 0.717) is 4.77 Å². The molecule has 0 saturated heterocycles. The van der Waals surface area contributed by atoms with Crippen molar-refractivity contribution in [1.82, 2.24) is 14.8 Å². The Hall–Kier alpha value is -0.940. The number of aromatic nitrogens is 3. The molecule has 1 rings (SSSR count). The number of aromatic amines is 1. The summed E-state index contributed by atoms with van der Waals surface area (Å²) in [6, 6.07) is 0.119. The predicted octanol–water partition coefficient (Wildman–Crippen LogP) is 2.40. The Balaban J connectivity index is 3.18. The van der Waals surface area contributed by atoms with Crippen molar-refractivity contribution in [3.63, 3.8) is 0 Å². The monoisotopic (exact) mass is 213 g/mol. The number of ether oxygens (including phenoxy) is 1.